The smallest absolute Gasteiger partial charge is 0.336 e. The van der Waals surface area contributed by atoms with Gasteiger partial charge in [-0.1, -0.05) is 30.3 Å². The SMILES string of the molecule is CC(CO)OCc1ccccc1.O=C(O)c1cc([N+](=O)[O-])cc([N+](=O)[O-])c1. The number of nitro groups is 2. The van der Waals surface area contributed by atoms with Crippen LogP contribution in [-0.4, -0.2) is 38.7 Å². The molecule has 0 heterocycles. The van der Waals surface area contributed by atoms with Crippen molar-refractivity contribution in [3.05, 3.63) is 79.9 Å². The Morgan fingerprint density at radius 1 is 1.07 bits per heavy atom. The quantitative estimate of drug-likeness (QED) is 0.551. The second-order valence-corrected chi connectivity index (χ2v) is 5.35. The van der Waals surface area contributed by atoms with E-state index < -0.39 is 32.8 Å². The van der Waals surface area contributed by atoms with Crippen molar-refractivity contribution in [2.75, 3.05) is 6.61 Å². The summed E-state index contributed by atoms with van der Waals surface area (Å²) in [6.07, 6.45) is -0.0785. The molecular weight excluding hydrogens is 360 g/mol. The number of benzene rings is 2. The van der Waals surface area contributed by atoms with Gasteiger partial charge >= 0.3 is 5.97 Å². The van der Waals surface area contributed by atoms with Crippen molar-refractivity contribution < 1.29 is 29.6 Å². The average Bonchev–Trinajstić information content (AvgIpc) is 2.66. The number of hydrogen-bond acceptors (Lipinski definition) is 7. The lowest BCUT2D eigenvalue weighted by atomic mass is 10.2. The van der Waals surface area contributed by atoms with Gasteiger partial charge in [-0.3, -0.25) is 20.2 Å². The van der Waals surface area contributed by atoms with Crippen LogP contribution in [0.5, 0.6) is 0 Å². The summed E-state index contributed by atoms with van der Waals surface area (Å²) in [5.41, 5.74) is -0.600. The highest BCUT2D eigenvalue weighted by Gasteiger charge is 2.19. The fourth-order valence-corrected chi connectivity index (χ4v) is 1.79. The summed E-state index contributed by atoms with van der Waals surface area (Å²) in [6.45, 7) is 2.50. The van der Waals surface area contributed by atoms with E-state index in [0.29, 0.717) is 12.7 Å². The molecule has 0 fully saturated rings. The number of carbonyl (C=O) groups is 1. The maximum absolute atomic E-state index is 10.5. The lowest BCUT2D eigenvalue weighted by Crippen LogP contribution is -2.12. The van der Waals surface area contributed by atoms with Crippen LogP contribution in [0.25, 0.3) is 0 Å². The molecule has 2 N–H and O–H groups in total. The molecule has 1 atom stereocenters. The van der Waals surface area contributed by atoms with Crippen molar-refractivity contribution >= 4 is 17.3 Å². The van der Waals surface area contributed by atoms with Crippen LogP contribution in [0.1, 0.15) is 22.8 Å². The van der Waals surface area contributed by atoms with Crippen molar-refractivity contribution in [3.63, 3.8) is 0 Å². The molecule has 2 aromatic carbocycles. The Labute approximate surface area is 153 Å². The first-order valence-corrected chi connectivity index (χ1v) is 7.68. The van der Waals surface area contributed by atoms with Crippen molar-refractivity contribution in [1.29, 1.82) is 0 Å². The van der Waals surface area contributed by atoms with Crippen LogP contribution in [0.15, 0.2) is 48.5 Å². The average molecular weight is 378 g/mol. The molecule has 2 rings (SSSR count). The van der Waals surface area contributed by atoms with Crippen LogP contribution < -0.4 is 0 Å². The third-order valence-electron chi connectivity index (χ3n) is 3.21. The number of nitrogens with zero attached hydrogens (tertiary/aromatic N) is 2. The molecule has 10 nitrogen and oxygen atoms in total. The molecule has 0 amide bonds. The predicted octanol–water partition coefficient (Wildman–Crippen LogP) is 2.79. The van der Waals surface area contributed by atoms with Gasteiger partial charge in [0.1, 0.15) is 0 Å². The van der Waals surface area contributed by atoms with Crippen LogP contribution in [0.4, 0.5) is 11.4 Å². The van der Waals surface area contributed by atoms with Gasteiger partial charge in [0.25, 0.3) is 11.4 Å². The van der Waals surface area contributed by atoms with E-state index in [1.54, 1.807) is 0 Å². The number of aliphatic hydroxyl groups excluding tert-OH is 1. The highest BCUT2D eigenvalue weighted by Crippen LogP contribution is 2.22. The second-order valence-electron chi connectivity index (χ2n) is 5.35. The zero-order valence-corrected chi connectivity index (χ0v) is 14.3. The van der Waals surface area contributed by atoms with Crippen molar-refractivity contribution in [2.24, 2.45) is 0 Å². The van der Waals surface area contributed by atoms with E-state index in [0.717, 1.165) is 17.7 Å². The molecule has 27 heavy (non-hydrogen) atoms. The number of nitro benzene ring substituents is 2. The van der Waals surface area contributed by atoms with Gasteiger partial charge in [0.2, 0.25) is 0 Å². The van der Waals surface area contributed by atoms with E-state index in [1.807, 2.05) is 37.3 Å². The first-order chi connectivity index (χ1) is 12.7. The van der Waals surface area contributed by atoms with Gasteiger partial charge in [-0.15, -0.1) is 0 Å². The summed E-state index contributed by atoms with van der Waals surface area (Å²) in [7, 11) is 0. The van der Waals surface area contributed by atoms with E-state index in [-0.39, 0.29) is 12.7 Å². The first kappa shape index (κ1) is 21.7. The number of carboxylic acid groups (broad SMARTS) is 1. The third kappa shape index (κ3) is 7.59. The topological polar surface area (TPSA) is 153 Å². The summed E-state index contributed by atoms with van der Waals surface area (Å²) in [5.74, 6) is -1.46. The van der Waals surface area contributed by atoms with Crippen molar-refractivity contribution in [1.82, 2.24) is 0 Å². The lowest BCUT2D eigenvalue weighted by Gasteiger charge is -2.09. The summed E-state index contributed by atoms with van der Waals surface area (Å²) in [6, 6.07) is 12.1. The summed E-state index contributed by atoms with van der Waals surface area (Å²) < 4.78 is 5.33. The molecule has 0 saturated carbocycles. The number of ether oxygens (including phenoxy) is 1. The minimum absolute atomic E-state index is 0.0762. The Kier molecular flexibility index (Phi) is 8.49. The number of rotatable bonds is 7. The maximum atomic E-state index is 10.5. The molecule has 1 unspecified atom stereocenters. The van der Waals surface area contributed by atoms with Gasteiger partial charge in [0, 0.05) is 12.1 Å². The minimum atomic E-state index is -1.46. The summed E-state index contributed by atoms with van der Waals surface area (Å²) in [5, 5.41) is 37.9. The molecule has 0 aliphatic carbocycles. The summed E-state index contributed by atoms with van der Waals surface area (Å²) >= 11 is 0. The van der Waals surface area contributed by atoms with Crippen LogP contribution in [0.2, 0.25) is 0 Å². The van der Waals surface area contributed by atoms with E-state index >= 15 is 0 Å². The first-order valence-electron chi connectivity index (χ1n) is 7.68. The molecule has 10 heteroatoms. The molecule has 0 saturated heterocycles. The highest BCUT2D eigenvalue weighted by molar-refractivity contribution is 5.89. The van der Waals surface area contributed by atoms with Crippen LogP contribution in [-0.2, 0) is 11.3 Å². The van der Waals surface area contributed by atoms with Gasteiger partial charge in [-0.25, -0.2) is 4.79 Å². The van der Waals surface area contributed by atoms with E-state index in [4.69, 9.17) is 14.9 Å². The molecule has 144 valence electrons. The van der Waals surface area contributed by atoms with Crippen LogP contribution >= 0.6 is 0 Å². The normalized spacial score (nSPS) is 11.0. The molecule has 0 spiro atoms. The second kappa shape index (κ2) is 10.6. The Balaban J connectivity index is 0.000000277. The molecule has 0 aromatic heterocycles. The van der Waals surface area contributed by atoms with Crippen LogP contribution in [0, 0.1) is 20.2 Å². The number of aliphatic hydroxyl groups is 1. The van der Waals surface area contributed by atoms with E-state index in [9.17, 15) is 25.0 Å². The van der Waals surface area contributed by atoms with E-state index in [1.165, 1.54) is 0 Å². The third-order valence-corrected chi connectivity index (χ3v) is 3.21. The number of non-ortho nitro benzene ring substituents is 2. The predicted molar refractivity (Wildman–Crippen MR) is 94.5 cm³/mol. The van der Waals surface area contributed by atoms with Gasteiger partial charge in [-0.05, 0) is 12.5 Å². The van der Waals surface area contributed by atoms with Gasteiger partial charge in [0.05, 0.1) is 40.8 Å². The fraction of sp³-hybridized carbons (Fsp3) is 0.235. The number of carboxylic acids is 1. The van der Waals surface area contributed by atoms with Gasteiger partial charge < -0.3 is 14.9 Å². The Morgan fingerprint density at radius 2 is 1.59 bits per heavy atom. The molecule has 0 bridgehead atoms. The lowest BCUT2D eigenvalue weighted by molar-refractivity contribution is -0.394. The van der Waals surface area contributed by atoms with Gasteiger partial charge in [0.15, 0.2) is 0 Å². The largest absolute Gasteiger partial charge is 0.478 e. The summed E-state index contributed by atoms with van der Waals surface area (Å²) in [4.78, 5) is 29.4. The van der Waals surface area contributed by atoms with Gasteiger partial charge in [-0.2, -0.15) is 0 Å². The van der Waals surface area contributed by atoms with Crippen LogP contribution in [0.3, 0.4) is 0 Å². The Morgan fingerprint density at radius 3 is 2.00 bits per heavy atom. The Bertz CT molecular complexity index is 716. The molecule has 0 aliphatic heterocycles. The zero-order chi connectivity index (χ0) is 20.4. The van der Waals surface area contributed by atoms with Crippen molar-refractivity contribution in [3.8, 4) is 0 Å². The van der Waals surface area contributed by atoms with E-state index in [2.05, 4.69) is 0 Å². The molecular formula is C17H18N2O8. The maximum Gasteiger partial charge on any atom is 0.336 e. The molecule has 0 aliphatic rings. The standard InChI is InChI=1S/C10H14O2.C7H4N2O6/c1-9(7-11)12-8-10-5-3-2-4-6-10;10-7(11)4-1-5(8(12)13)3-6(2-4)9(14)15/h2-6,9,11H,7-8H2,1H3;1-3H,(H,10,11). The van der Waals surface area contributed by atoms with Crippen molar-refractivity contribution in [2.45, 2.75) is 19.6 Å². The Hall–Kier alpha value is -3.37. The monoisotopic (exact) mass is 378 g/mol. The highest BCUT2D eigenvalue weighted by atomic mass is 16.6. The molecule has 2 aromatic rings. The zero-order valence-electron chi connectivity index (χ0n) is 14.3. The molecule has 0 radical (unpaired) electrons. The number of hydrogen-bond donors (Lipinski definition) is 2. The fourth-order valence-electron chi connectivity index (χ4n) is 1.79. The minimum Gasteiger partial charge on any atom is -0.478 e. The number of aromatic carboxylic acids is 1.